The molecule has 2 aliphatic rings. The number of hydrogen-bond donors (Lipinski definition) is 1. The maximum Gasteiger partial charge on any atom is 0.292 e. The summed E-state index contributed by atoms with van der Waals surface area (Å²) in [6, 6.07) is 4.32. The number of carbonyl (C=O) groups is 1. The number of nitro benzene ring substituents is 1. The third kappa shape index (κ3) is 2.65. The molecule has 1 heterocycles. The first kappa shape index (κ1) is 14.8. The molecular weight excluding hydrogens is 282 g/mol. The van der Waals surface area contributed by atoms with Gasteiger partial charge >= 0.3 is 0 Å². The van der Waals surface area contributed by atoms with Crippen LogP contribution in [0.2, 0.25) is 0 Å². The van der Waals surface area contributed by atoms with Crippen LogP contribution in [0.3, 0.4) is 0 Å². The van der Waals surface area contributed by atoms with E-state index in [0.29, 0.717) is 5.56 Å². The van der Waals surface area contributed by atoms with E-state index in [1.54, 1.807) is 6.07 Å². The van der Waals surface area contributed by atoms with Crippen LogP contribution in [-0.4, -0.2) is 28.8 Å². The quantitative estimate of drug-likeness (QED) is 0.516. The van der Waals surface area contributed by atoms with E-state index in [1.165, 1.54) is 44.2 Å². The van der Waals surface area contributed by atoms with Crippen molar-refractivity contribution < 1.29 is 9.72 Å². The number of likely N-dealkylation sites (tertiary alicyclic amines) is 1. The molecule has 2 N–H and O–H groups in total. The van der Waals surface area contributed by atoms with Crippen LogP contribution in [0.4, 0.5) is 11.4 Å². The van der Waals surface area contributed by atoms with Crippen molar-refractivity contribution in [2.45, 2.75) is 38.5 Å². The van der Waals surface area contributed by atoms with Gasteiger partial charge in [-0.1, -0.05) is 19.3 Å². The van der Waals surface area contributed by atoms with Crippen molar-refractivity contribution in [2.24, 2.45) is 5.41 Å². The van der Waals surface area contributed by atoms with E-state index in [0.717, 1.165) is 19.5 Å². The number of nitrogen functional groups attached to an aromatic ring is 1. The Bertz CT molecular complexity index is 609. The van der Waals surface area contributed by atoms with E-state index < -0.39 is 4.92 Å². The predicted octanol–water partition coefficient (Wildman–Crippen LogP) is 2.97. The van der Waals surface area contributed by atoms with Gasteiger partial charge in [0.15, 0.2) is 0 Å². The van der Waals surface area contributed by atoms with Gasteiger partial charge in [0.25, 0.3) is 11.6 Å². The van der Waals surface area contributed by atoms with Crippen LogP contribution >= 0.6 is 0 Å². The van der Waals surface area contributed by atoms with Crippen LogP contribution in [0, 0.1) is 15.5 Å². The molecule has 1 aromatic rings. The summed E-state index contributed by atoms with van der Waals surface area (Å²) in [4.78, 5) is 24.9. The van der Waals surface area contributed by atoms with Crippen LogP contribution in [0.25, 0.3) is 0 Å². The van der Waals surface area contributed by atoms with Gasteiger partial charge in [0.1, 0.15) is 5.69 Å². The molecule has 1 aliphatic carbocycles. The van der Waals surface area contributed by atoms with E-state index in [-0.39, 0.29) is 22.7 Å². The summed E-state index contributed by atoms with van der Waals surface area (Å²) in [7, 11) is 0. The molecule has 6 nitrogen and oxygen atoms in total. The van der Waals surface area contributed by atoms with Gasteiger partial charge < -0.3 is 10.6 Å². The number of anilines is 1. The number of rotatable bonds is 2. The molecule has 3 rings (SSSR count). The van der Waals surface area contributed by atoms with Crippen molar-refractivity contribution in [3.8, 4) is 0 Å². The van der Waals surface area contributed by atoms with Gasteiger partial charge in [-0.15, -0.1) is 0 Å². The Morgan fingerprint density at radius 1 is 1.23 bits per heavy atom. The third-order valence-electron chi connectivity index (χ3n) is 5.11. The molecule has 0 atom stereocenters. The molecule has 22 heavy (non-hydrogen) atoms. The Kier molecular flexibility index (Phi) is 3.76. The summed E-state index contributed by atoms with van der Waals surface area (Å²) < 4.78 is 0. The van der Waals surface area contributed by atoms with Crippen molar-refractivity contribution in [1.29, 1.82) is 0 Å². The van der Waals surface area contributed by atoms with Gasteiger partial charge in [-0.25, -0.2) is 0 Å². The maximum atomic E-state index is 12.6. The van der Waals surface area contributed by atoms with Crippen LogP contribution in [0.1, 0.15) is 48.9 Å². The molecule has 1 saturated heterocycles. The van der Waals surface area contributed by atoms with Crippen LogP contribution in [-0.2, 0) is 0 Å². The van der Waals surface area contributed by atoms with Gasteiger partial charge in [0.05, 0.1) is 4.92 Å². The summed E-state index contributed by atoms with van der Waals surface area (Å²) in [6.45, 7) is 1.53. The fourth-order valence-electron chi connectivity index (χ4n) is 3.84. The summed E-state index contributed by atoms with van der Waals surface area (Å²) in [5, 5.41) is 11.0. The average molecular weight is 303 g/mol. The highest BCUT2D eigenvalue weighted by Gasteiger charge is 2.40. The Morgan fingerprint density at radius 2 is 1.95 bits per heavy atom. The highest BCUT2D eigenvalue weighted by atomic mass is 16.6. The lowest BCUT2D eigenvalue weighted by Gasteiger charge is -2.33. The largest absolute Gasteiger partial charge is 0.393 e. The lowest BCUT2D eigenvalue weighted by molar-refractivity contribution is -0.383. The predicted molar refractivity (Wildman–Crippen MR) is 83.5 cm³/mol. The molecule has 0 bridgehead atoms. The standard InChI is InChI=1S/C16H21N3O3/c17-13-5-4-12(10-14(13)19(21)22)15(20)18-9-8-16(11-18)6-2-1-3-7-16/h4-5,10H,1-3,6-9,11,17H2. The monoisotopic (exact) mass is 303 g/mol. The maximum absolute atomic E-state index is 12.6. The van der Waals surface area contributed by atoms with Gasteiger partial charge in [-0.2, -0.15) is 0 Å². The number of nitrogens with two attached hydrogens (primary N) is 1. The van der Waals surface area contributed by atoms with E-state index in [1.807, 2.05) is 4.90 Å². The van der Waals surface area contributed by atoms with Gasteiger partial charge in [0.2, 0.25) is 0 Å². The molecule has 118 valence electrons. The number of nitro groups is 1. The minimum absolute atomic E-state index is 0.0896. The number of hydrogen-bond acceptors (Lipinski definition) is 4. The Morgan fingerprint density at radius 3 is 2.64 bits per heavy atom. The van der Waals surface area contributed by atoms with E-state index in [9.17, 15) is 14.9 Å². The number of nitrogens with zero attached hydrogens (tertiary/aromatic N) is 2. The van der Waals surface area contributed by atoms with Gasteiger partial charge in [-0.3, -0.25) is 14.9 Å². The lowest BCUT2D eigenvalue weighted by Crippen LogP contribution is -2.33. The van der Waals surface area contributed by atoms with Crippen LogP contribution in [0.5, 0.6) is 0 Å². The first-order chi connectivity index (χ1) is 10.5. The second-order valence-electron chi connectivity index (χ2n) is 6.57. The first-order valence-corrected chi connectivity index (χ1v) is 7.84. The fourth-order valence-corrected chi connectivity index (χ4v) is 3.84. The normalized spacial score (nSPS) is 20.3. The zero-order chi connectivity index (χ0) is 15.7. The molecule has 1 aromatic carbocycles. The van der Waals surface area contributed by atoms with E-state index in [2.05, 4.69) is 0 Å². The second-order valence-corrected chi connectivity index (χ2v) is 6.57. The van der Waals surface area contributed by atoms with Crippen molar-refractivity contribution >= 4 is 17.3 Å². The molecule has 1 aliphatic heterocycles. The van der Waals surface area contributed by atoms with Crippen LogP contribution in [0.15, 0.2) is 18.2 Å². The molecule has 6 heteroatoms. The van der Waals surface area contributed by atoms with E-state index >= 15 is 0 Å². The second kappa shape index (κ2) is 5.59. The SMILES string of the molecule is Nc1ccc(C(=O)N2CCC3(CCCCC3)C2)cc1[N+](=O)[O-]. The highest BCUT2D eigenvalue weighted by molar-refractivity contribution is 5.95. The van der Waals surface area contributed by atoms with E-state index in [4.69, 9.17) is 5.73 Å². The molecule has 1 spiro atoms. The highest BCUT2D eigenvalue weighted by Crippen LogP contribution is 2.44. The van der Waals surface area contributed by atoms with Crippen LogP contribution < -0.4 is 5.73 Å². The Hall–Kier alpha value is -2.11. The van der Waals surface area contributed by atoms with Crippen molar-refractivity contribution in [3.63, 3.8) is 0 Å². The van der Waals surface area contributed by atoms with Gasteiger partial charge in [0, 0.05) is 24.7 Å². The summed E-state index contributed by atoms with van der Waals surface area (Å²) in [5.74, 6) is -0.120. The topological polar surface area (TPSA) is 89.5 Å². The van der Waals surface area contributed by atoms with Crippen molar-refractivity contribution in [3.05, 3.63) is 33.9 Å². The Balaban J connectivity index is 1.77. The third-order valence-corrected chi connectivity index (χ3v) is 5.11. The summed E-state index contributed by atoms with van der Waals surface area (Å²) in [6.07, 6.45) is 7.22. The summed E-state index contributed by atoms with van der Waals surface area (Å²) in [5.41, 5.74) is 6.12. The Labute approximate surface area is 129 Å². The van der Waals surface area contributed by atoms with Crippen molar-refractivity contribution in [2.75, 3.05) is 18.8 Å². The molecule has 1 saturated carbocycles. The smallest absolute Gasteiger partial charge is 0.292 e. The van der Waals surface area contributed by atoms with Gasteiger partial charge in [-0.05, 0) is 36.8 Å². The number of benzene rings is 1. The minimum Gasteiger partial charge on any atom is -0.393 e. The minimum atomic E-state index is -0.543. The molecule has 0 unspecified atom stereocenters. The fraction of sp³-hybridized carbons (Fsp3) is 0.562. The molecule has 1 amide bonds. The lowest BCUT2D eigenvalue weighted by atomic mass is 9.73. The first-order valence-electron chi connectivity index (χ1n) is 7.84. The molecule has 0 radical (unpaired) electrons. The summed E-state index contributed by atoms with van der Waals surface area (Å²) >= 11 is 0. The molecule has 0 aromatic heterocycles. The number of amides is 1. The number of carbonyl (C=O) groups excluding carboxylic acids is 1. The zero-order valence-electron chi connectivity index (χ0n) is 12.6. The average Bonchev–Trinajstić information content (AvgIpc) is 2.91. The van der Waals surface area contributed by atoms with Crippen molar-refractivity contribution in [1.82, 2.24) is 4.90 Å². The molecular formula is C16H21N3O3. The zero-order valence-corrected chi connectivity index (χ0v) is 12.6. The molecule has 2 fully saturated rings.